The van der Waals surface area contributed by atoms with Gasteiger partial charge < -0.3 is 14.2 Å². The maximum absolute atomic E-state index is 12.4. The maximum Gasteiger partial charge on any atom is 0.307 e. The number of rotatable bonds is 8. The summed E-state index contributed by atoms with van der Waals surface area (Å²) >= 11 is 0. The van der Waals surface area contributed by atoms with E-state index < -0.39 is 5.60 Å². The van der Waals surface area contributed by atoms with Crippen molar-refractivity contribution in [1.82, 2.24) is 15.0 Å². The maximum atomic E-state index is 12.4. The standard InChI is InChI=1S/C22H34N3O4/c1-22(2,3)28-18(26)15-17(12-7-11-16-9-5-4-6-10-16)20-23-19(24-29-20)21(27)25-13-8-14-25/h8,16-17H,4-7,9-15H2,1-3H3/t17-/m1/s1. The van der Waals surface area contributed by atoms with Crippen LogP contribution in [-0.4, -0.2) is 45.6 Å². The van der Waals surface area contributed by atoms with E-state index in [9.17, 15) is 9.59 Å². The summed E-state index contributed by atoms with van der Waals surface area (Å²) in [7, 11) is 0. The second-order valence-corrected chi connectivity index (χ2v) is 9.38. The molecule has 0 bridgehead atoms. The minimum atomic E-state index is -0.534. The van der Waals surface area contributed by atoms with Crippen molar-refractivity contribution >= 4 is 11.9 Å². The zero-order chi connectivity index (χ0) is 20.9. The molecule has 0 aromatic carbocycles. The number of esters is 1. The van der Waals surface area contributed by atoms with Gasteiger partial charge in [-0.25, -0.2) is 0 Å². The Bertz CT molecular complexity index is 684. The fourth-order valence-corrected chi connectivity index (χ4v) is 4.08. The van der Waals surface area contributed by atoms with E-state index in [0.29, 0.717) is 19.0 Å². The van der Waals surface area contributed by atoms with Crippen molar-refractivity contribution in [1.29, 1.82) is 0 Å². The lowest BCUT2D eigenvalue weighted by molar-refractivity contribution is -0.155. The molecule has 1 aliphatic carbocycles. The van der Waals surface area contributed by atoms with Crippen molar-refractivity contribution in [2.24, 2.45) is 5.92 Å². The first-order valence-electron chi connectivity index (χ1n) is 11.0. The highest BCUT2D eigenvalue weighted by Gasteiger charge is 2.30. The Kier molecular flexibility index (Phi) is 7.30. The first-order chi connectivity index (χ1) is 13.8. The summed E-state index contributed by atoms with van der Waals surface area (Å²) in [6.07, 6.45) is 11.8. The molecule has 2 fully saturated rings. The number of likely N-dealkylation sites (tertiary alicyclic amines) is 1. The van der Waals surface area contributed by atoms with Crippen LogP contribution < -0.4 is 0 Å². The van der Waals surface area contributed by atoms with Crippen LogP contribution in [0, 0.1) is 12.3 Å². The van der Waals surface area contributed by atoms with E-state index in [-0.39, 0.29) is 30.0 Å². The second-order valence-electron chi connectivity index (χ2n) is 9.38. The van der Waals surface area contributed by atoms with E-state index in [2.05, 4.69) is 10.1 Å². The van der Waals surface area contributed by atoms with Gasteiger partial charge in [0.2, 0.25) is 5.89 Å². The molecule has 1 aliphatic heterocycles. The molecule has 7 heteroatoms. The molecule has 1 saturated carbocycles. The van der Waals surface area contributed by atoms with Crippen molar-refractivity contribution < 1.29 is 18.8 Å². The highest BCUT2D eigenvalue weighted by molar-refractivity contribution is 5.91. The number of aromatic nitrogens is 2. The largest absolute Gasteiger partial charge is 0.460 e. The van der Waals surface area contributed by atoms with Gasteiger partial charge in [0.05, 0.1) is 6.42 Å². The molecule has 1 amide bonds. The zero-order valence-electron chi connectivity index (χ0n) is 18.0. The average Bonchev–Trinajstić information content (AvgIpc) is 3.09. The first kappa shape index (κ1) is 21.8. The van der Waals surface area contributed by atoms with Gasteiger partial charge in [-0.05, 0) is 33.1 Å². The average molecular weight is 405 g/mol. The van der Waals surface area contributed by atoms with Crippen molar-refractivity contribution in [2.45, 2.75) is 90.1 Å². The van der Waals surface area contributed by atoms with Crippen molar-refractivity contribution in [3.05, 3.63) is 18.1 Å². The Morgan fingerprint density at radius 3 is 2.59 bits per heavy atom. The first-order valence-corrected chi connectivity index (χ1v) is 11.0. The predicted octanol–water partition coefficient (Wildman–Crippen LogP) is 4.30. The fraction of sp³-hybridized carbons (Fsp3) is 0.773. The van der Waals surface area contributed by atoms with Gasteiger partial charge in [0.1, 0.15) is 5.60 Å². The van der Waals surface area contributed by atoms with E-state index in [1.807, 2.05) is 27.2 Å². The van der Waals surface area contributed by atoms with Crippen LogP contribution in [-0.2, 0) is 9.53 Å². The van der Waals surface area contributed by atoms with Crippen LogP contribution in [0.1, 0.15) is 101 Å². The number of amides is 1. The molecule has 1 saturated heterocycles. The molecule has 1 aromatic rings. The molecule has 0 N–H and O–H groups in total. The number of carbonyl (C=O) groups excluding carboxylic acids is 2. The smallest absolute Gasteiger partial charge is 0.307 e. The van der Waals surface area contributed by atoms with E-state index in [1.165, 1.54) is 32.1 Å². The Labute approximate surface area is 173 Å². The van der Waals surface area contributed by atoms with Crippen LogP contribution in [0.3, 0.4) is 0 Å². The van der Waals surface area contributed by atoms with Gasteiger partial charge in [0.15, 0.2) is 0 Å². The highest BCUT2D eigenvalue weighted by atomic mass is 16.6. The molecular formula is C22H34N3O4. The lowest BCUT2D eigenvalue weighted by atomic mass is 9.84. The van der Waals surface area contributed by atoms with Crippen molar-refractivity contribution in [3.8, 4) is 0 Å². The SMILES string of the molecule is CC(C)(C)OC(=O)C[C@@H](CCCC1CCCCC1)c1nc(C(=O)N2C[CH]C2)no1. The van der Waals surface area contributed by atoms with Crippen LogP contribution in [0.2, 0.25) is 0 Å². The molecule has 2 heterocycles. The van der Waals surface area contributed by atoms with E-state index >= 15 is 0 Å². The Morgan fingerprint density at radius 1 is 1.24 bits per heavy atom. The van der Waals surface area contributed by atoms with Crippen molar-refractivity contribution in [3.63, 3.8) is 0 Å². The number of hydrogen-bond donors (Lipinski definition) is 0. The van der Waals surface area contributed by atoms with E-state index in [0.717, 1.165) is 25.2 Å². The monoisotopic (exact) mass is 404 g/mol. The Balaban J connectivity index is 1.62. The molecule has 2 aliphatic rings. The van der Waals surface area contributed by atoms with Crippen LogP contribution in [0.4, 0.5) is 0 Å². The fourth-order valence-electron chi connectivity index (χ4n) is 4.08. The minimum Gasteiger partial charge on any atom is -0.460 e. The van der Waals surface area contributed by atoms with Gasteiger partial charge >= 0.3 is 5.97 Å². The normalized spacial score (nSPS) is 18.9. The topological polar surface area (TPSA) is 85.5 Å². The zero-order valence-corrected chi connectivity index (χ0v) is 18.0. The Morgan fingerprint density at radius 2 is 1.97 bits per heavy atom. The number of carbonyl (C=O) groups is 2. The molecule has 0 unspecified atom stereocenters. The minimum absolute atomic E-state index is 0.0783. The van der Waals surface area contributed by atoms with Gasteiger partial charge in [-0.15, -0.1) is 0 Å². The lowest BCUT2D eigenvalue weighted by Crippen LogP contribution is -2.43. The van der Waals surface area contributed by atoms with Crippen LogP contribution in [0.25, 0.3) is 0 Å². The van der Waals surface area contributed by atoms with Gasteiger partial charge in [0.25, 0.3) is 11.7 Å². The van der Waals surface area contributed by atoms with E-state index in [4.69, 9.17) is 9.26 Å². The van der Waals surface area contributed by atoms with E-state index in [1.54, 1.807) is 4.90 Å². The summed E-state index contributed by atoms with van der Waals surface area (Å²) in [4.78, 5) is 30.7. The molecule has 7 nitrogen and oxygen atoms in total. The number of hydrogen-bond acceptors (Lipinski definition) is 6. The second kappa shape index (κ2) is 9.72. The third-order valence-electron chi connectivity index (χ3n) is 5.69. The summed E-state index contributed by atoms with van der Waals surface area (Å²) in [6.45, 7) is 6.81. The van der Waals surface area contributed by atoms with Gasteiger partial charge in [0, 0.05) is 25.4 Å². The molecule has 1 aromatic heterocycles. The third kappa shape index (κ3) is 6.54. The summed E-state index contributed by atoms with van der Waals surface area (Å²) in [5, 5.41) is 3.88. The van der Waals surface area contributed by atoms with Crippen molar-refractivity contribution in [2.75, 3.05) is 13.1 Å². The van der Waals surface area contributed by atoms with Crippen LogP contribution >= 0.6 is 0 Å². The van der Waals surface area contributed by atoms with Gasteiger partial charge in [-0.1, -0.05) is 50.1 Å². The number of nitrogens with zero attached hydrogens (tertiary/aromatic N) is 3. The molecule has 29 heavy (non-hydrogen) atoms. The number of ether oxygens (including phenoxy) is 1. The quantitative estimate of drug-likeness (QED) is 0.601. The molecule has 161 valence electrons. The lowest BCUT2D eigenvalue weighted by Gasteiger charge is -2.28. The van der Waals surface area contributed by atoms with Crippen LogP contribution in [0.5, 0.6) is 0 Å². The summed E-state index contributed by atoms with van der Waals surface area (Å²) in [5.41, 5.74) is -0.534. The Hall–Kier alpha value is -1.92. The summed E-state index contributed by atoms with van der Waals surface area (Å²) in [5.74, 6) is 0.519. The van der Waals surface area contributed by atoms with Crippen LogP contribution in [0.15, 0.2) is 4.52 Å². The molecule has 3 rings (SSSR count). The van der Waals surface area contributed by atoms with Gasteiger partial charge in [-0.2, -0.15) is 4.98 Å². The molecule has 1 radical (unpaired) electrons. The molecular weight excluding hydrogens is 370 g/mol. The summed E-state index contributed by atoms with van der Waals surface area (Å²) in [6, 6.07) is 0. The van der Waals surface area contributed by atoms with Gasteiger partial charge in [-0.3, -0.25) is 9.59 Å². The molecule has 1 atom stereocenters. The summed E-state index contributed by atoms with van der Waals surface area (Å²) < 4.78 is 10.9. The predicted molar refractivity (Wildman–Crippen MR) is 108 cm³/mol. The highest BCUT2D eigenvalue weighted by Crippen LogP contribution is 2.31. The third-order valence-corrected chi connectivity index (χ3v) is 5.69. The molecule has 0 spiro atoms.